The largest absolute Gasteiger partial charge is 0.478 e. The molecular weight excluding hydrogens is 234 g/mol. The summed E-state index contributed by atoms with van der Waals surface area (Å²) in [6.07, 6.45) is 5.13. The van der Waals surface area contributed by atoms with Gasteiger partial charge in [-0.2, -0.15) is 0 Å². The molecule has 0 spiro atoms. The molecule has 5 heteroatoms. The van der Waals surface area contributed by atoms with Crippen molar-refractivity contribution in [2.75, 3.05) is 6.54 Å². The quantitative estimate of drug-likeness (QED) is 0.742. The van der Waals surface area contributed by atoms with Gasteiger partial charge in [-0.15, -0.1) is 0 Å². The molecule has 1 heterocycles. The summed E-state index contributed by atoms with van der Waals surface area (Å²) in [5, 5.41) is 21.7. The van der Waals surface area contributed by atoms with E-state index in [1.54, 1.807) is 0 Å². The van der Waals surface area contributed by atoms with E-state index < -0.39 is 5.97 Å². The summed E-state index contributed by atoms with van der Waals surface area (Å²) < 4.78 is 5.14. The Bertz CT molecular complexity index is 401. The molecule has 0 saturated heterocycles. The topological polar surface area (TPSA) is 82.7 Å². The van der Waals surface area contributed by atoms with Crippen molar-refractivity contribution in [3.63, 3.8) is 0 Å². The van der Waals surface area contributed by atoms with Crippen LogP contribution in [-0.4, -0.2) is 28.8 Å². The van der Waals surface area contributed by atoms with Crippen molar-refractivity contribution in [3.05, 3.63) is 23.7 Å². The zero-order valence-electron chi connectivity index (χ0n) is 10.3. The van der Waals surface area contributed by atoms with Crippen LogP contribution in [0.5, 0.6) is 0 Å². The van der Waals surface area contributed by atoms with Crippen LogP contribution in [0.15, 0.2) is 16.7 Å². The van der Waals surface area contributed by atoms with Crippen LogP contribution < -0.4 is 5.32 Å². The second-order valence-electron chi connectivity index (χ2n) is 4.88. The number of aromatic carboxylic acids is 1. The van der Waals surface area contributed by atoms with E-state index in [9.17, 15) is 9.90 Å². The van der Waals surface area contributed by atoms with Crippen molar-refractivity contribution in [1.82, 2.24) is 5.32 Å². The molecule has 1 fully saturated rings. The van der Waals surface area contributed by atoms with Crippen LogP contribution in [0.1, 0.15) is 41.8 Å². The van der Waals surface area contributed by atoms with Gasteiger partial charge in [0, 0.05) is 0 Å². The lowest BCUT2D eigenvalue weighted by molar-refractivity contribution is 0.0694. The molecular formula is C13H19NO4. The third kappa shape index (κ3) is 3.34. The van der Waals surface area contributed by atoms with Gasteiger partial charge < -0.3 is 19.9 Å². The molecule has 2 unspecified atom stereocenters. The van der Waals surface area contributed by atoms with E-state index in [0.717, 1.165) is 32.2 Å². The van der Waals surface area contributed by atoms with Crippen molar-refractivity contribution in [1.29, 1.82) is 0 Å². The highest BCUT2D eigenvalue weighted by atomic mass is 16.4. The fourth-order valence-corrected chi connectivity index (χ4v) is 2.51. The molecule has 2 atom stereocenters. The fourth-order valence-electron chi connectivity index (χ4n) is 2.51. The highest BCUT2D eigenvalue weighted by Gasteiger charge is 2.20. The maximum absolute atomic E-state index is 10.9. The lowest BCUT2D eigenvalue weighted by atomic mass is 9.87. The highest BCUT2D eigenvalue weighted by molar-refractivity contribution is 5.88. The lowest BCUT2D eigenvalue weighted by Gasteiger charge is -2.25. The Balaban J connectivity index is 1.78. The van der Waals surface area contributed by atoms with Gasteiger partial charge in [0.2, 0.25) is 0 Å². The molecule has 1 aromatic rings. The molecule has 0 amide bonds. The summed E-state index contributed by atoms with van der Waals surface area (Å²) in [5.74, 6) is -0.0375. The number of furan rings is 1. The minimum atomic E-state index is -0.964. The molecule has 5 nitrogen and oxygen atoms in total. The van der Waals surface area contributed by atoms with Crippen LogP contribution in [-0.2, 0) is 6.54 Å². The Morgan fingerprint density at radius 1 is 1.50 bits per heavy atom. The number of carboxylic acids is 1. The van der Waals surface area contributed by atoms with E-state index >= 15 is 0 Å². The third-order valence-corrected chi connectivity index (χ3v) is 3.45. The molecule has 3 N–H and O–H groups in total. The van der Waals surface area contributed by atoms with E-state index in [1.165, 1.54) is 12.3 Å². The molecule has 0 aromatic carbocycles. The summed E-state index contributed by atoms with van der Waals surface area (Å²) in [7, 11) is 0. The van der Waals surface area contributed by atoms with Crippen LogP contribution in [0.2, 0.25) is 0 Å². The Labute approximate surface area is 106 Å². The number of hydrogen-bond acceptors (Lipinski definition) is 4. The molecule has 2 rings (SSSR count). The Morgan fingerprint density at radius 3 is 3.06 bits per heavy atom. The first-order valence-corrected chi connectivity index (χ1v) is 6.35. The van der Waals surface area contributed by atoms with Crippen LogP contribution in [0.3, 0.4) is 0 Å². The molecule has 1 aliphatic carbocycles. The van der Waals surface area contributed by atoms with E-state index in [0.29, 0.717) is 18.2 Å². The predicted octanol–water partition coefficient (Wildman–Crippen LogP) is 1.62. The summed E-state index contributed by atoms with van der Waals surface area (Å²) in [5.41, 5.74) is 0.214. The minimum absolute atomic E-state index is 0.177. The van der Waals surface area contributed by atoms with Crippen LogP contribution in [0, 0.1) is 5.92 Å². The van der Waals surface area contributed by atoms with Gasteiger partial charge >= 0.3 is 5.97 Å². The molecule has 1 aromatic heterocycles. The van der Waals surface area contributed by atoms with Crippen LogP contribution in [0.4, 0.5) is 0 Å². The summed E-state index contributed by atoms with van der Waals surface area (Å²) in [6, 6.07) is 1.46. The SMILES string of the molecule is O=C(O)c1ccoc1CNCC1CCCC(O)C1. The molecule has 0 radical (unpaired) electrons. The first kappa shape index (κ1) is 13.1. The van der Waals surface area contributed by atoms with Gasteiger partial charge in [0.05, 0.1) is 18.9 Å². The average molecular weight is 253 g/mol. The smallest absolute Gasteiger partial charge is 0.339 e. The second-order valence-corrected chi connectivity index (χ2v) is 4.88. The van der Waals surface area contributed by atoms with Crippen molar-refractivity contribution in [2.45, 2.75) is 38.3 Å². The van der Waals surface area contributed by atoms with Crippen LogP contribution in [0.25, 0.3) is 0 Å². The molecule has 1 saturated carbocycles. The normalized spacial score (nSPS) is 24.1. The Morgan fingerprint density at radius 2 is 2.33 bits per heavy atom. The standard InChI is InChI=1S/C13H19NO4/c15-10-3-1-2-9(6-10)7-14-8-12-11(13(16)17)4-5-18-12/h4-5,9-10,14-15H,1-3,6-8H2,(H,16,17). The average Bonchev–Trinajstić information content (AvgIpc) is 2.77. The fraction of sp³-hybridized carbons (Fsp3) is 0.615. The van der Waals surface area contributed by atoms with Crippen molar-refractivity contribution >= 4 is 5.97 Å². The minimum Gasteiger partial charge on any atom is -0.478 e. The molecule has 0 bridgehead atoms. The first-order chi connectivity index (χ1) is 8.66. The molecule has 1 aliphatic rings. The maximum atomic E-state index is 10.9. The van der Waals surface area contributed by atoms with Crippen molar-refractivity contribution in [3.8, 4) is 0 Å². The lowest BCUT2D eigenvalue weighted by Crippen LogP contribution is -2.29. The van der Waals surface area contributed by atoms with Crippen molar-refractivity contribution in [2.24, 2.45) is 5.92 Å². The van der Waals surface area contributed by atoms with Gasteiger partial charge in [-0.05, 0) is 37.8 Å². The van der Waals surface area contributed by atoms with Gasteiger partial charge in [0.1, 0.15) is 11.3 Å². The number of carboxylic acid groups (broad SMARTS) is 1. The molecule has 100 valence electrons. The van der Waals surface area contributed by atoms with Gasteiger partial charge in [-0.1, -0.05) is 6.42 Å². The highest BCUT2D eigenvalue weighted by Crippen LogP contribution is 2.23. The Kier molecular flexibility index (Phi) is 4.38. The maximum Gasteiger partial charge on any atom is 0.339 e. The summed E-state index contributed by atoms with van der Waals surface area (Å²) in [4.78, 5) is 10.9. The zero-order chi connectivity index (χ0) is 13.0. The van der Waals surface area contributed by atoms with Crippen molar-refractivity contribution < 1.29 is 19.4 Å². The monoisotopic (exact) mass is 253 g/mol. The zero-order valence-corrected chi connectivity index (χ0v) is 10.3. The van der Waals surface area contributed by atoms with E-state index in [4.69, 9.17) is 9.52 Å². The summed E-state index contributed by atoms with van der Waals surface area (Å²) >= 11 is 0. The molecule has 0 aliphatic heterocycles. The third-order valence-electron chi connectivity index (χ3n) is 3.45. The van der Waals surface area contributed by atoms with Gasteiger partial charge in [-0.3, -0.25) is 0 Å². The van der Waals surface area contributed by atoms with Gasteiger partial charge in [0.25, 0.3) is 0 Å². The van der Waals surface area contributed by atoms with E-state index in [-0.39, 0.29) is 11.7 Å². The number of hydrogen-bond donors (Lipinski definition) is 3. The number of aliphatic hydroxyl groups is 1. The number of nitrogens with one attached hydrogen (secondary N) is 1. The van der Waals surface area contributed by atoms with E-state index in [2.05, 4.69) is 5.32 Å². The van der Waals surface area contributed by atoms with Crippen LogP contribution >= 0.6 is 0 Å². The first-order valence-electron chi connectivity index (χ1n) is 6.35. The number of rotatable bonds is 5. The van der Waals surface area contributed by atoms with Gasteiger partial charge in [-0.25, -0.2) is 4.79 Å². The number of carbonyl (C=O) groups is 1. The number of aliphatic hydroxyl groups excluding tert-OH is 1. The van der Waals surface area contributed by atoms with Gasteiger partial charge in [0.15, 0.2) is 0 Å². The Hall–Kier alpha value is -1.33. The predicted molar refractivity (Wildman–Crippen MR) is 65.3 cm³/mol. The molecule has 18 heavy (non-hydrogen) atoms. The second kappa shape index (κ2) is 6.02. The van der Waals surface area contributed by atoms with E-state index in [1.807, 2.05) is 0 Å². The summed E-state index contributed by atoms with van der Waals surface area (Å²) in [6.45, 7) is 1.21.